The molecule has 1 rings (SSSR count). The number of amides is 1. The summed E-state index contributed by atoms with van der Waals surface area (Å²) < 4.78 is 0. The summed E-state index contributed by atoms with van der Waals surface area (Å²) in [4.78, 5) is 29.1. The summed E-state index contributed by atoms with van der Waals surface area (Å²) in [5.74, 6) is 0.844. The molecule has 0 aliphatic carbocycles. The molecule has 0 aromatic carbocycles. The molecule has 0 fully saturated rings. The van der Waals surface area contributed by atoms with Gasteiger partial charge in [-0.2, -0.15) is 15.0 Å². The number of hydrogen-bond donors (Lipinski definition) is 0. The zero-order valence-corrected chi connectivity index (χ0v) is 12.6. The van der Waals surface area contributed by atoms with E-state index in [4.69, 9.17) is 11.6 Å². The molecule has 8 heteroatoms. The third-order valence-corrected chi connectivity index (χ3v) is 2.64. The number of carbonyl (C=O) groups excluding carboxylic acids is 1. The highest BCUT2D eigenvalue weighted by Gasteiger charge is 2.16. The molecule has 1 amide bonds. The zero-order valence-electron chi connectivity index (χ0n) is 11.9. The second-order valence-electron chi connectivity index (χ2n) is 4.40. The molecule has 0 saturated heterocycles. The van der Waals surface area contributed by atoms with Gasteiger partial charge in [-0.3, -0.25) is 4.79 Å². The molecule has 1 aromatic rings. The smallest absolute Gasteiger partial charge is 0.241 e. The number of carbonyl (C=O) groups is 1. The fourth-order valence-corrected chi connectivity index (χ4v) is 1.45. The molecule has 0 radical (unpaired) electrons. The molecule has 0 aliphatic rings. The van der Waals surface area contributed by atoms with Gasteiger partial charge in [0.1, 0.15) is 0 Å². The van der Waals surface area contributed by atoms with Gasteiger partial charge >= 0.3 is 0 Å². The van der Waals surface area contributed by atoms with Gasteiger partial charge in [0.25, 0.3) is 0 Å². The first-order valence-corrected chi connectivity index (χ1v) is 6.27. The van der Waals surface area contributed by atoms with E-state index in [-0.39, 0.29) is 17.7 Å². The van der Waals surface area contributed by atoms with Crippen molar-refractivity contribution >= 4 is 29.4 Å². The van der Waals surface area contributed by atoms with Crippen LogP contribution < -0.4 is 9.80 Å². The summed E-state index contributed by atoms with van der Waals surface area (Å²) in [6.07, 6.45) is 0. The Hall–Kier alpha value is -1.63. The molecular formula is C11H19ClN6O. The van der Waals surface area contributed by atoms with Crippen LogP contribution in [0, 0.1) is 0 Å². The fraction of sp³-hybridized carbons (Fsp3) is 0.636. The van der Waals surface area contributed by atoms with Gasteiger partial charge in [0.2, 0.25) is 23.1 Å². The van der Waals surface area contributed by atoms with Crippen molar-refractivity contribution in [1.82, 2.24) is 19.9 Å². The molecule has 19 heavy (non-hydrogen) atoms. The first-order chi connectivity index (χ1) is 8.85. The Kier molecular flexibility index (Phi) is 5.29. The Morgan fingerprint density at radius 1 is 1.11 bits per heavy atom. The van der Waals surface area contributed by atoms with E-state index in [1.807, 2.05) is 21.0 Å². The minimum Gasteiger partial charge on any atom is -0.347 e. The number of hydrogen-bond acceptors (Lipinski definition) is 6. The van der Waals surface area contributed by atoms with Crippen LogP contribution in [0.1, 0.15) is 6.92 Å². The van der Waals surface area contributed by atoms with Gasteiger partial charge in [-0.15, -0.1) is 0 Å². The van der Waals surface area contributed by atoms with E-state index < -0.39 is 0 Å². The van der Waals surface area contributed by atoms with E-state index >= 15 is 0 Å². The average molecular weight is 287 g/mol. The largest absolute Gasteiger partial charge is 0.347 e. The van der Waals surface area contributed by atoms with Crippen LogP contribution in [0.5, 0.6) is 0 Å². The highest BCUT2D eigenvalue weighted by atomic mass is 35.5. The number of halogens is 1. The number of aromatic nitrogens is 3. The van der Waals surface area contributed by atoms with Crippen molar-refractivity contribution in [2.24, 2.45) is 0 Å². The van der Waals surface area contributed by atoms with Gasteiger partial charge in [0.15, 0.2) is 0 Å². The lowest BCUT2D eigenvalue weighted by molar-refractivity contribution is -0.127. The van der Waals surface area contributed by atoms with Gasteiger partial charge in [-0.05, 0) is 18.5 Å². The Labute approximate surface area is 118 Å². The van der Waals surface area contributed by atoms with Crippen molar-refractivity contribution in [2.45, 2.75) is 6.92 Å². The molecule has 0 N–H and O–H groups in total. The molecule has 1 heterocycles. The van der Waals surface area contributed by atoms with Gasteiger partial charge in [0, 0.05) is 34.7 Å². The fourth-order valence-electron chi connectivity index (χ4n) is 1.30. The Morgan fingerprint density at radius 2 is 1.68 bits per heavy atom. The van der Waals surface area contributed by atoms with Crippen LogP contribution in [-0.2, 0) is 4.79 Å². The van der Waals surface area contributed by atoms with Crippen LogP contribution in [-0.4, -0.2) is 67.0 Å². The molecule has 106 valence electrons. The van der Waals surface area contributed by atoms with E-state index in [0.29, 0.717) is 18.4 Å². The number of nitrogens with zero attached hydrogens (tertiary/aromatic N) is 6. The van der Waals surface area contributed by atoms with E-state index in [0.717, 1.165) is 0 Å². The van der Waals surface area contributed by atoms with Crippen LogP contribution in [0.4, 0.5) is 11.9 Å². The first kappa shape index (κ1) is 15.4. The topological polar surface area (TPSA) is 65.5 Å². The highest BCUT2D eigenvalue weighted by Crippen LogP contribution is 2.15. The summed E-state index contributed by atoms with van der Waals surface area (Å²) in [6, 6.07) is 0. The lowest BCUT2D eigenvalue weighted by Crippen LogP contribution is -2.37. The maximum absolute atomic E-state index is 11.8. The normalized spacial score (nSPS) is 10.2. The van der Waals surface area contributed by atoms with Crippen molar-refractivity contribution in [3.05, 3.63) is 5.28 Å². The number of anilines is 2. The van der Waals surface area contributed by atoms with E-state index in [1.54, 1.807) is 23.9 Å². The van der Waals surface area contributed by atoms with Crippen LogP contribution in [0.15, 0.2) is 0 Å². The molecule has 0 aliphatic heterocycles. The van der Waals surface area contributed by atoms with Gasteiger partial charge in [0.05, 0.1) is 6.54 Å². The van der Waals surface area contributed by atoms with Gasteiger partial charge in [-0.25, -0.2) is 0 Å². The van der Waals surface area contributed by atoms with Crippen molar-refractivity contribution in [1.29, 1.82) is 0 Å². The molecule has 0 spiro atoms. The summed E-state index contributed by atoms with van der Waals surface area (Å²) in [5, 5.41) is 0.115. The SMILES string of the molecule is CCN(CC(=O)N(C)C)c1nc(Cl)nc(N(C)C)n1. The zero-order chi connectivity index (χ0) is 14.6. The highest BCUT2D eigenvalue weighted by molar-refractivity contribution is 6.28. The summed E-state index contributed by atoms with van der Waals surface area (Å²) in [6.45, 7) is 2.74. The lowest BCUT2D eigenvalue weighted by Gasteiger charge is -2.23. The lowest BCUT2D eigenvalue weighted by atomic mass is 10.4. The molecular weight excluding hydrogens is 268 g/mol. The maximum Gasteiger partial charge on any atom is 0.241 e. The second kappa shape index (κ2) is 6.51. The first-order valence-electron chi connectivity index (χ1n) is 5.89. The van der Waals surface area contributed by atoms with Crippen molar-refractivity contribution in [3.8, 4) is 0 Å². The average Bonchev–Trinajstić information content (AvgIpc) is 2.34. The quantitative estimate of drug-likeness (QED) is 0.786. The van der Waals surface area contributed by atoms with E-state index in [1.165, 1.54) is 4.90 Å². The predicted molar refractivity (Wildman–Crippen MR) is 75.7 cm³/mol. The maximum atomic E-state index is 11.8. The Bertz CT molecular complexity index is 451. The third-order valence-electron chi connectivity index (χ3n) is 2.47. The van der Waals surface area contributed by atoms with Crippen molar-refractivity contribution in [2.75, 3.05) is 51.1 Å². The Morgan fingerprint density at radius 3 is 2.16 bits per heavy atom. The summed E-state index contributed by atoms with van der Waals surface area (Å²) in [5.41, 5.74) is 0. The molecule has 0 unspecified atom stereocenters. The van der Waals surface area contributed by atoms with Crippen molar-refractivity contribution < 1.29 is 4.79 Å². The standard InChI is InChI=1S/C11H19ClN6O/c1-6-18(7-8(19)16(2)3)11-14-9(12)13-10(15-11)17(4)5/h6-7H2,1-5H3. The Balaban J connectivity index is 3.01. The van der Waals surface area contributed by atoms with E-state index in [9.17, 15) is 4.79 Å². The van der Waals surface area contributed by atoms with Crippen LogP contribution in [0.3, 0.4) is 0 Å². The monoisotopic (exact) mass is 286 g/mol. The number of rotatable bonds is 5. The van der Waals surface area contributed by atoms with Crippen LogP contribution in [0.2, 0.25) is 5.28 Å². The van der Waals surface area contributed by atoms with Gasteiger partial charge < -0.3 is 14.7 Å². The second-order valence-corrected chi connectivity index (χ2v) is 4.74. The summed E-state index contributed by atoms with van der Waals surface area (Å²) in [7, 11) is 7.05. The van der Waals surface area contributed by atoms with E-state index in [2.05, 4.69) is 15.0 Å². The van der Waals surface area contributed by atoms with Crippen LogP contribution >= 0.6 is 11.6 Å². The molecule has 1 aromatic heterocycles. The predicted octanol–water partition coefficient (Wildman–Crippen LogP) is 0.505. The molecule has 0 atom stereocenters. The molecule has 0 bridgehead atoms. The summed E-state index contributed by atoms with van der Waals surface area (Å²) >= 11 is 5.88. The molecule has 0 saturated carbocycles. The third kappa shape index (κ3) is 4.20. The molecule has 7 nitrogen and oxygen atoms in total. The number of likely N-dealkylation sites (N-methyl/N-ethyl adjacent to an activating group) is 2. The minimum atomic E-state index is -0.0233. The van der Waals surface area contributed by atoms with Crippen LogP contribution in [0.25, 0.3) is 0 Å². The minimum absolute atomic E-state index is 0.0233. The van der Waals surface area contributed by atoms with Crippen molar-refractivity contribution in [3.63, 3.8) is 0 Å². The van der Waals surface area contributed by atoms with Gasteiger partial charge in [-0.1, -0.05) is 0 Å².